The van der Waals surface area contributed by atoms with Crippen LogP contribution in [0.5, 0.6) is 5.75 Å². The minimum atomic E-state index is -0.357. The van der Waals surface area contributed by atoms with Crippen LogP contribution in [0.15, 0.2) is 42.5 Å². The van der Waals surface area contributed by atoms with Crippen molar-refractivity contribution in [3.8, 4) is 5.75 Å². The SMILES string of the molecule is COc1ccc2nc(C(=O)OCC3CC=CCC3C)ccc2c1. The highest BCUT2D eigenvalue weighted by molar-refractivity contribution is 5.91. The number of esters is 1. The summed E-state index contributed by atoms with van der Waals surface area (Å²) in [6, 6.07) is 9.15. The van der Waals surface area contributed by atoms with Crippen molar-refractivity contribution in [2.24, 2.45) is 11.8 Å². The molecular formula is C19H21NO3. The summed E-state index contributed by atoms with van der Waals surface area (Å²) in [7, 11) is 1.63. The van der Waals surface area contributed by atoms with Crippen molar-refractivity contribution in [1.29, 1.82) is 0 Å². The molecule has 4 heteroatoms. The molecule has 0 radical (unpaired) electrons. The van der Waals surface area contributed by atoms with Gasteiger partial charge in [0.2, 0.25) is 0 Å². The van der Waals surface area contributed by atoms with Crippen molar-refractivity contribution < 1.29 is 14.3 Å². The minimum absolute atomic E-state index is 0.349. The molecule has 1 heterocycles. The number of fused-ring (bicyclic) bond motifs is 1. The largest absolute Gasteiger partial charge is 0.497 e. The summed E-state index contributed by atoms with van der Waals surface area (Å²) < 4.78 is 10.7. The van der Waals surface area contributed by atoms with Crippen LogP contribution in [-0.4, -0.2) is 24.7 Å². The molecular weight excluding hydrogens is 290 g/mol. The molecule has 1 aromatic heterocycles. The van der Waals surface area contributed by atoms with E-state index in [2.05, 4.69) is 24.1 Å². The molecule has 120 valence electrons. The molecule has 0 amide bonds. The van der Waals surface area contributed by atoms with Gasteiger partial charge in [-0.3, -0.25) is 0 Å². The van der Waals surface area contributed by atoms with E-state index in [1.807, 2.05) is 24.3 Å². The van der Waals surface area contributed by atoms with Gasteiger partial charge in [0.05, 0.1) is 19.2 Å². The number of aromatic nitrogens is 1. The molecule has 1 aliphatic carbocycles. The lowest BCUT2D eigenvalue weighted by molar-refractivity contribution is 0.0389. The van der Waals surface area contributed by atoms with Crippen LogP contribution in [0.4, 0.5) is 0 Å². The van der Waals surface area contributed by atoms with Gasteiger partial charge >= 0.3 is 5.97 Å². The first-order valence-corrected chi connectivity index (χ1v) is 7.94. The molecule has 4 nitrogen and oxygen atoms in total. The molecule has 2 unspecified atom stereocenters. The van der Waals surface area contributed by atoms with Gasteiger partial charge < -0.3 is 9.47 Å². The zero-order valence-corrected chi connectivity index (χ0v) is 13.5. The fourth-order valence-corrected chi connectivity index (χ4v) is 2.84. The van der Waals surface area contributed by atoms with E-state index in [-0.39, 0.29) is 5.97 Å². The topological polar surface area (TPSA) is 48.4 Å². The summed E-state index contributed by atoms with van der Waals surface area (Å²) in [5, 5.41) is 0.937. The second-order valence-electron chi connectivity index (χ2n) is 6.03. The predicted molar refractivity (Wildman–Crippen MR) is 89.6 cm³/mol. The van der Waals surface area contributed by atoms with Crippen LogP contribution in [0.25, 0.3) is 10.9 Å². The van der Waals surface area contributed by atoms with Crippen LogP contribution < -0.4 is 4.74 Å². The molecule has 0 N–H and O–H groups in total. The molecule has 0 spiro atoms. The van der Waals surface area contributed by atoms with Crippen LogP contribution in [0.3, 0.4) is 0 Å². The van der Waals surface area contributed by atoms with E-state index in [9.17, 15) is 4.79 Å². The number of rotatable bonds is 4. The number of carbonyl (C=O) groups excluding carboxylic acids is 1. The number of methoxy groups -OCH3 is 1. The van der Waals surface area contributed by atoms with Gasteiger partial charge in [-0.2, -0.15) is 0 Å². The fraction of sp³-hybridized carbons (Fsp3) is 0.368. The molecule has 0 saturated carbocycles. The molecule has 23 heavy (non-hydrogen) atoms. The van der Waals surface area contributed by atoms with Crippen LogP contribution in [0.2, 0.25) is 0 Å². The van der Waals surface area contributed by atoms with Crippen molar-refractivity contribution in [2.45, 2.75) is 19.8 Å². The van der Waals surface area contributed by atoms with Crippen molar-refractivity contribution in [1.82, 2.24) is 4.98 Å². The van der Waals surface area contributed by atoms with Crippen LogP contribution in [0.1, 0.15) is 30.3 Å². The highest BCUT2D eigenvalue weighted by atomic mass is 16.5. The predicted octanol–water partition coefficient (Wildman–Crippen LogP) is 4.00. The highest BCUT2D eigenvalue weighted by Crippen LogP contribution is 2.25. The molecule has 0 fully saturated rings. The third-order valence-electron chi connectivity index (χ3n) is 4.45. The second-order valence-corrected chi connectivity index (χ2v) is 6.03. The Morgan fingerprint density at radius 2 is 2.04 bits per heavy atom. The number of benzene rings is 1. The lowest BCUT2D eigenvalue weighted by atomic mass is 9.85. The maximum Gasteiger partial charge on any atom is 0.356 e. The van der Waals surface area contributed by atoms with Crippen LogP contribution in [0, 0.1) is 11.8 Å². The number of carbonyl (C=O) groups is 1. The first kappa shape index (κ1) is 15.5. The molecule has 1 aliphatic rings. The van der Waals surface area contributed by atoms with Gasteiger partial charge in [0.1, 0.15) is 11.4 Å². The van der Waals surface area contributed by atoms with Crippen molar-refractivity contribution in [2.75, 3.05) is 13.7 Å². The summed E-state index contributed by atoms with van der Waals surface area (Å²) in [5.74, 6) is 1.36. The Morgan fingerprint density at radius 1 is 1.22 bits per heavy atom. The zero-order valence-electron chi connectivity index (χ0n) is 13.5. The number of hydrogen-bond acceptors (Lipinski definition) is 4. The molecule has 0 bridgehead atoms. The first-order valence-electron chi connectivity index (χ1n) is 7.94. The molecule has 2 atom stereocenters. The van der Waals surface area contributed by atoms with E-state index < -0.39 is 0 Å². The van der Waals surface area contributed by atoms with Crippen LogP contribution >= 0.6 is 0 Å². The molecule has 0 aliphatic heterocycles. The maximum atomic E-state index is 12.2. The highest BCUT2D eigenvalue weighted by Gasteiger charge is 2.20. The van der Waals surface area contributed by atoms with Crippen molar-refractivity contribution in [3.05, 3.63) is 48.2 Å². The van der Waals surface area contributed by atoms with E-state index in [0.29, 0.717) is 24.1 Å². The van der Waals surface area contributed by atoms with Gasteiger partial charge in [0, 0.05) is 5.39 Å². The first-order chi connectivity index (χ1) is 11.2. The lowest BCUT2D eigenvalue weighted by Gasteiger charge is -2.24. The maximum absolute atomic E-state index is 12.2. The Kier molecular flexibility index (Phi) is 4.60. The smallest absolute Gasteiger partial charge is 0.356 e. The molecule has 2 aromatic rings. The van der Waals surface area contributed by atoms with Gasteiger partial charge in [-0.05, 0) is 48.9 Å². The third-order valence-corrected chi connectivity index (χ3v) is 4.45. The van der Waals surface area contributed by atoms with Gasteiger partial charge in [-0.25, -0.2) is 9.78 Å². The normalized spacial score (nSPS) is 20.4. The number of pyridine rings is 1. The van der Waals surface area contributed by atoms with Gasteiger partial charge in [0.15, 0.2) is 0 Å². The third kappa shape index (κ3) is 3.52. The number of allylic oxidation sites excluding steroid dienone is 2. The Labute approximate surface area is 136 Å². The van der Waals surface area contributed by atoms with Gasteiger partial charge in [0.25, 0.3) is 0 Å². The molecule has 0 saturated heterocycles. The quantitative estimate of drug-likeness (QED) is 0.632. The monoisotopic (exact) mass is 311 g/mol. The van der Waals surface area contributed by atoms with Gasteiger partial charge in [-0.15, -0.1) is 0 Å². The summed E-state index contributed by atoms with van der Waals surface area (Å²) in [6.45, 7) is 2.65. The van der Waals surface area contributed by atoms with E-state index in [0.717, 1.165) is 29.5 Å². The Balaban J connectivity index is 1.69. The number of hydrogen-bond donors (Lipinski definition) is 0. The summed E-state index contributed by atoms with van der Waals surface area (Å²) >= 11 is 0. The van der Waals surface area contributed by atoms with E-state index in [1.165, 1.54) is 0 Å². The summed E-state index contributed by atoms with van der Waals surface area (Å²) in [6.07, 6.45) is 6.39. The number of ether oxygens (including phenoxy) is 2. The van der Waals surface area contributed by atoms with E-state index in [1.54, 1.807) is 13.2 Å². The van der Waals surface area contributed by atoms with E-state index >= 15 is 0 Å². The Hall–Kier alpha value is -2.36. The summed E-state index contributed by atoms with van der Waals surface area (Å²) in [5.41, 5.74) is 1.11. The Morgan fingerprint density at radius 3 is 2.83 bits per heavy atom. The number of nitrogens with zero attached hydrogens (tertiary/aromatic N) is 1. The summed E-state index contributed by atoms with van der Waals surface area (Å²) in [4.78, 5) is 16.6. The van der Waals surface area contributed by atoms with Crippen molar-refractivity contribution in [3.63, 3.8) is 0 Å². The fourth-order valence-electron chi connectivity index (χ4n) is 2.84. The average Bonchev–Trinajstić information content (AvgIpc) is 2.59. The molecule has 3 rings (SSSR count). The standard InChI is InChI=1S/C19H21NO3/c1-13-5-3-4-6-15(13)12-23-19(21)18-9-7-14-11-16(22-2)8-10-17(14)20-18/h3-4,7-11,13,15H,5-6,12H2,1-2H3. The average molecular weight is 311 g/mol. The van der Waals surface area contributed by atoms with Crippen molar-refractivity contribution >= 4 is 16.9 Å². The minimum Gasteiger partial charge on any atom is -0.497 e. The second kappa shape index (κ2) is 6.82. The molecule has 1 aromatic carbocycles. The lowest BCUT2D eigenvalue weighted by Crippen LogP contribution is -2.22. The Bertz CT molecular complexity index is 738. The van der Waals surface area contributed by atoms with Gasteiger partial charge in [-0.1, -0.05) is 25.1 Å². The van der Waals surface area contributed by atoms with Crippen LogP contribution in [-0.2, 0) is 4.74 Å². The zero-order chi connectivity index (χ0) is 16.2. The van der Waals surface area contributed by atoms with E-state index in [4.69, 9.17) is 9.47 Å².